The van der Waals surface area contributed by atoms with Crippen molar-refractivity contribution in [3.8, 4) is 28.7 Å². The first-order valence-electron chi connectivity index (χ1n) is 31.9. The van der Waals surface area contributed by atoms with Gasteiger partial charge in [0.2, 0.25) is 0 Å². The highest BCUT2D eigenvalue weighted by atomic mass is 16.6. The SMILES string of the molecule is CC(COC(=O)CCc1cc(C(C)(C)C)c(O)c(C(C)(C)C)c1)CC(COC(=O)CCc1cc(C(C)(C)C)c(O)c(C(C)(C)C)c1)(CC(C)COC(=O)CCc1cc(C(C)(C)C)c(O)c(C(C)(C)C)c1)C(=O)Oc1cc(C(C)(C)C)c(O)c(C(C)(C)C)c1. The van der Waals surface area contributed by atoms with Crippen molar-refractivity contribution < 1.29 is 58.6 Å². The van der Waals surface area contributed by atoms with Gasteiger partial charge in [0, 0.05) is 30.4 Å². The van der Waals surface area contributed by atoms with Crippen LogP contribution in [-0.4, -0.2) is 64.1 Å². The fourth-order valence-corrected chi connectivity index (χ4v) is 11.5. The maximum Gasteiger partial charge on any atom is 0.320 e. The summed E-state index contributed by atoms with van der Waals surface area (Å²) >= 11 is 0. The quantitative estimate of drug-likeness (QED) is 0.0352. The van der Waals surface area contributed by atoms with Gasteiger partial charge >= 0.3 is 23.9 Å². The van der Waals surface area contributed by atoms with Gasteiger partial charge in [0.05, 0.1) is 13.2 Å². The number of carbonyl (C=O) groups excluding carboxylic acids is 4. The molecule has 0 amide bonds. The first-order chi connectivity index (χ1) is 39.8. The Morgan fingerprint density at radius 2 is 0.568 bits per heavy atom. The Bertz CT molecular complexity index is 2870. The fourth-order valence-electron chi connectivity index (χ4n) is 11.5. The van der Waals surface area contributed by atoms with Crippen molar-refractivity contribution in [2.45, 2.75) is 275 Å². The molecular formula is C76H114O12. The molecule has 4 N–H and O–H groups in total. The molecule has 4 aromatic rings. The van der Waals surface area contributed by atoms with Crippen LogP contribution in [-0.2, 0) is 96.0 Å². The second-order valence-electron chi connectivity index (χ2n) is 33.8. The van der Waals surface area contributed by atoms with Crippen molar-refractivity contribution in [3.05, 3.63) is 110 Å². The maximum absolute atomic E-state index is 15.7. The van der Waals surface area contributed by atoms with Crippen LogP contribution < -0.4 is 4.74 Å². The number of carbonyl (C=O) groups is 4. The van der Waals surface area contributed by atoms with Crippen LogP contribution in [0.1, 0.15) is 273 Å². The zero-order chi connectivity index (χ0) is 67.5. The Morgan fingerprint density at radius 3 is 0.795 bits per heavy atom. The third-order valence-electron chi connectivity index (χ3n) is 16.6. The summed E-state index contributed by atoms with van der Waals surface area (Å²) in [6.07, 6.45) is 1.15. The number of hydrogen-bond acceptors (Lipinski definition) is 12. The summed E-state index contributed by atoms with van der Waals surface area (Å²) < 4.78 is 24.9. The summed E-state index contributed by atoms with van der Waals surface area (Å²) in [4.78, 5) is 57.6. The standard InChI is InChI=1S/C76H114O12/c1-46(43-85-60(77)30-27-48-33-52(68(3,4)5)63(80)53(34-48)69(6,7)8)41-76(67(84)88-51-39-58(74(21,22)23)66(83)59(40-51)75(24,25)26,45-87-62(79)32-29-50-37-56(72(15,16)17)65(82)57(38-50)73(18,19)20)42-47(2)44-86-61(78)31-28-49-35-54(70(9,10)11)64(81)55(36-49)71(12,13)14/h33-40,46-47,80-83H,27-32,41-45H2,1-26H3. The molecule has 0 aliphatic heterocycles. The minimum Gasteiger partial charge on any atom is -0.507 e. The normalized spacial score (nSPS) is 14.4. The largest absolute Gasteiger partial charge is 0.507 e. The highest BCUT2D eigenvalue weighted by Crippen LogP contribution is 2.46. The van der Waals surface area contributed by atoms with Gasteiger partial charge in [-0.05, 0) is 149 Å². The molecule has 12 nitrogen and oxygen atoms in total. The Hall–Kier alpha value is -6.04. The smallest absolute Gasteiger partial charge is 0.320 e. The van der Waals surface area contributed by atoms with Gasteiger partial charge < -0.3 is 39.4 Å². The van der Waals surface area contributed by atoms with Crippen LogP contribution >= 0.6 is 0 Å². The van der Waals surface area contributed by atoms with Crippen molar-refractivity contribution >= 4 is 23.9 Å². The number of phenols is 4. The summed E-state index contributed by atoms with van der Waals surface area (Å²) in [6.45, 7) is 51.7. The van der Waals surface area contributed by atoms with Crippen LogP contribution in [0.3, 0.4) is 0 Å². The van der Waals surface area contributed by atoms with E-state index in [2.05, 4.69) is 0 Å². The second kappa shape index (κ2) is 27.6. The van der Waals surface area contributed by atoms with Crippen molar-refractivity contribution in [1.82, 2.24) is 0 Å². The van der Waals surface area contributed by atoms with E-state index in [0.717, 1.165) is 50.1 Å². The van der Waals surface area contributed by atoms with Crippen molar-refractivity contribution in [1.29, 1.82) is 0 Å². The van der Waals surface area contributed by atoms with Gasteiger partial charge in [0.25, 0.3) is 0 Å². The first kappa shape index (κ1) is 74.4. The highest BCUT2D eigenvalue weighted by molar-refractivity contribution is 5.81. The van der Waals surface area contributed by atoms with Gasteiger partial charge in [-0.3, -0.25) is 19.2 Å². The molecule has 0 spiro atoms. The van der Waals surface area contributed by atoms with Gasteiger partial charge in [0.15, 0.2) is 0 Å². The summed E-state index contributed by atoms with van der Waals surface area (Å²) in [5.74, 6) is -2.13. The molecule has 490 valence electrons. The lowest BCUT2D eigenvalue weighted by Crippen LogP contribution is -2.43. The van der Waals surface area contributed by atoms with Crippen LogP contribution in [0, 0.1) is 17.3 Å². The van der Waals surface area contributed by atoms with Crippen LogP contribution in [0.4, 0.5) is 0 Å². The van der Waals surface area contributed by atoms with E-state index in [1.807, 2.05) is 216 Å². The Morgan fingerprint density at radius 1 is 0.352 bits per heavy atom. The van der Waals surface area contributed by atoms with E-state index >= 15 is 4.79 Å². The molecule has 0 aliphatic carbocycles. The molecule has 0 radical (unpaired) electrons. The van der Waals surface area contributed by atoms with E-state index in [9.17, 15) is 34.8 Å². The van der Waals surface area contributed by atoms with E-state index < -0.39 is 69.4 Å². The lowest BCUT2D eigenvalue weighted by Gasteiger charge is -2.35. The molecule has 0 aliphatic rings. The molecule has 0 bridgehead atoms. The topological polar surface area (TPSA) is 186 Å². The molecule has 4 rings (SSSR count). The van der Waals surface area contributed by atoms with E-state index in [4.69, 9.17) is 18.9 Å². The molecular weight excluding hydrogens is 1100 g/mol. The van der Waals surface area contributed by atoms with Crippen molar-refractivity contribution in [3.63, 3.8) is 0 Å². The van der Waals surface area contributed by atoms with Gasteiger partial charge in [0.1, 0.15) is 40.8 Å². The molecule has 0 saturated heterocycles. The van der Waals surface area contributed by atoms with Gasteiger partial charge in [-0.2, -0.15) is 0 Å². The minimum atomic E-state index is -1.61. The zero-order valence-corrected chi connectivity index (χ0v) is 59.1. The average molecular weight is 1220 g/mol. The highest BCUT2D eigenvalue weighted by Gasteiger charge is 2.45. The number of aromatic hydroxyl groups is 4. The molecule has 12 heteroatoms. The lowest BCUT2D eigenvalue weighted by molar-refractivity contribution is -0.161. The zero-order valence-electron chi connectivity index (χ0n) is 59.1. The number of aryl methyl sites for hydroxylation is 3. The number of benzene rings is 4. The lowest BCUT2D eigenvalue weighted by atomic mass is 9.74. The monoisotopic (exact) mass is 1220 g/mol. The number of ether oxygens (including phenoxy) is 4. The maximum atomic E-state index is 15.7. The van der Waals surface area contributed by atoms with E-state index in [0.29, 0.717) is 30.4 Å². The summed E-state index contributed by atoms with van der Waals surface area (Å²) in [5, 5.41) is 45.9. The minimum absolute atomic E-state index is 0.0256. The van der Waals surface area contributed by atoms with Crippen LogP contribution in [0.15, 0.2) is 48.5 Å². The predicted octanol–water partition coefficient (Wildman–Crippen LogP) is 17.4. The number of esters is 4. The first-order valence-corrected chi connectivity index (χ1v) is 31.9. The number of rotatable bonds is 21. The third-order valence-corrected chi connectivity index (χ3v) is 16.6. The Balaban J connectivity index is 1.79. The number of hydrogen-bond donors (Lipinski definition) is 4. The molecule has 0 heterocycles. The van der Waals surface area contributed by atoms with Crippen molar-refractivity contribution in [2.75, 3.05) is 19.8 Å². The Labute approximate surface area is 530 Å². The fraction of sp³-hybridized carbons (Fsp3) is 0.632. The molecule has 0 aromatic heterocycles. The Kier molecular flexibility index (Phi) is 23.3. The summed E-state index contributed by atoms with van der Waals surface area (Å²) in [5.41, 5.74) is 3.56. The van der Waals surface area contributed by atoms with Crippen LogP contribution in [0.5, 0.6) is 28.7 Å². The van der Waals surface area contributed by atoms with Crippen molar-refractivity contribution in [2.24, 2.45) is 17.3 Å². The van der Waals surface area contributed by atoms with Crippen LogP contribution in [0.25, 0.3) is 0 Å². The molecule has 2 atom stereocenters. The molecule has 0 saturated carbocycles. The van der Waals surface area contributed by atoms with E-state index in [1.165, 1.54) is 0 Å². The summed E-state index contributed by atoms with van der Waals surface area (Å²) in [7, 11) is 0. The predicted molar refractivity (Wildman–Crippen MR) is 355 cm³/mol. The summed E-state index contributed by atoms with van der Waals surface area (Å²) in [6, 6.07) is 15.1. The van der Waals surface area contributed by atoms with Gasteiger partial charge in [-0.1, -0.05) is 216 Å². The van der Waals surface area contributed by atoms with Gasteiger partial charge in [-0.25, -0.2) is 0 Å². The average Bonchev–Trinajstić information content (AvgIpc) is 1.71. The molecule has 88 heavy (non-hydrogen) atoms. The van der Waals surface area contributed by atoms with Gasteiger partial charge in [-0.15, -0.1) is 0 Å². The molecule has 2 unspecified atom stereocenters. The van der Waals surface area contributed by atoms with E-state index in [-0.39, 0.29) is 95.7 Å². The second-order valence-corrected chi connectivity index (χ2v) is 33.8. The van der Waals surface area contributed by atoms with E-state index in [1.54, 1.807) is 12.1 Å². The molecule has 4 aromatic carbocycles. The van der Waals surface area contributed by atoms with Crippen LogP contribution in [0.2, 0.25) is 0 Å². The molecule has 0 fully saturated rings. The third kappa shape index (κ3) is 20.2. The number of phenolic OH excluding ortho intramolecular Hbond substituents is 4.